The first-order valence-corrected chi connectivity index (χ1v) is 7.52. The van der Waals surface area contributed by atoms with Crippen molar-refractivity contribution in [2.24, 2.45) is 11.7 Å². The number of carbonyl (C=O) groups is 1. The number of hydrogen-bond acceptors (Lipinski definition) is 2. The average Bonchev–Trinajstić information content (AvgIpc) is 2.56. The van der Waals surface area contributed by atoms with Crippen LogP contribution in [0.5, 0.6) is 0 Å². The van der Waals surface area contributed by atoms with Crippen molar-refractivity contribution in [1.29, 1.82) is 0 Å². The molecule has 1 rings (SSSR count). The number of nitrogens with two attached hydrogens (primary N) is 1. The minimum atomic E-state index is 0.223. The number of hydrogen-bond donors (Lipinski definition) is 1. The Morgan fingerprint density at radius 3 is 2.28 bits per heavy atom. The van der Waals surface area contributed by atoms with Crippen molar-refractivity contribution in [3.05, 3.63) is 0 Å². The standard InChI is InChI=1S/C14H26N2OS/c1-11(2)16(10-9-13(15)18)14(17)12-7-5-3-4-6-8-12/h11-12H,3-10H2,1-2H3,(H2,15,18). The van der Waals surface area contributed by atoms with Gasteiger partial charge in [-0.25, -0.2) is 0 Å². The van der Waals surface area contributed by atoms with Gasteiger partial charge in [0.25, 0.3) is 0 Å². The van der Waals surface area contributed by atoms with Crippen molar-refractivity contribution in [2.45, 2.75) is 64.8 Å². The predicted octanol–water partition coefficient (Wildman–Crippen LogP) is 2.87. The zero-order valence-corrected chi connectivity index (χ0v) is 12.5. The van der Waals surface area contributed by atoms with Crippen LogP contribution in [-0.4, -0.2) is 28.4 Å². The lowest BCUT2D eigenvalue weighted by atomic mass is 9.98. The summed E-state index contributed by atoms with van der Waals surface area (Å²) in [6.07, 6.45) is 7.67. The Labute approximate surface area is 116 Å². The lowest BCUT2D eigenvalue weighted by Gasteiger charge is -2.30. The van der Waals surface area contributed by atoms with E-state index in [0.717, 1.165) is 12.8 Å². The number of carbonyl (C=O) groups excluding carboxylic acids is 1. The highest BCUT2D eigenvalue weighted by Gasteiger charge is 2.26. The first-order valence-electron chi connectivity index (χ1n) is 7.11. The van der Waals surface area contributed by atoms with Gasteiger partial charge < -0.3 is 10.6 Å². The van der Waals surface area contributed by atoms with Gasteiger partial charge in [-0.2, -0.15) is 0 Å². The van der Waals surface area contributed by atoms with Crippen LogP contribution in [0.15, 0.2) is 0 Å². The SMILES string of the molecule is CC(C)N(CCC(N)=S)C(=O)C1CCCCCC1. The molecule has 0 spiro atoms. The van der Waals surface area contributed by atoms with Gasteiger partial charge in [-0.05, 0) is 26.7 Å². The zero-order chi connectivity index (χ0) is 13.5. The molecular formula is C14H26N2OS. The molecule has 18 heavy (non-hydrogen) atoms. The second-order valence-electron chi connectivity index (χ2n) is 5.53. The van der Waals surface area contributed by atoms with Gasteiger partial charge in [0.15, 0.2) is 0 Å². The number of amides is 1. The molecule has 104 valence electrons. The van der Waals surface area contributed by atoms with Gasteiger partial charge in [0, 0.05) is 24.9 Å². The van der Waals surface area contributed by atoms with E-state index in [1.807, 2.05) is 4.90 Å². The van der Waals surface area contributed by atoms with E-state index in [2.05, 4.69) is 13.8 Å². The molecule has 0 aliphatic heterocycles. The normalized spacial score (nSPS) is 17.5. The number of rotatable bonds is 5. The Bertz CT molecular complexity index is 284. The van der Waals surface area contributed by atoms with Crippen molar-refractivity contribution in [2.75, 3.05) is 6.54 Å². The predicted molar refractivity (Wildman–Crippen MR) is 79.4 cm³/mol. The van der Waals surface area contributed by atoms with E-state index >= 15 is 0 Å². The van der Waals surface area contributed by atoms with Crippen LogP contribution in [0.1, 0.15) is 58.8 Å². The van der Waals surface area contributed by atoms with Gasteiger partial charge in [-0.1, -0.05) is 37.9 Å². The molecule has 0 aromatic carbocycles. The molecule has 0 atom stereocenters. The van der Waals surface area contributed by atoms with E-state index in [1.165, 1.54) is 25.7 Å². The minimum Gasteiger partial charge on any atom is -0.393 e. The number of nitrogens with zero attached hydrogens (tertiary/aromatic N) is 1. The molecule has 0 saturated heterocycles. The molecule has 0 unspecified atom stereocenters. The molecular weight excluding hydrogens is 244 g/mol. The highest BCUT2D eigenvalue weighted by atomic mass is 32.1. The fourth-order valence-corrected chi connectivity index (χ4v) is 2.71. The topological polar surface area (TPSA) is 46.3 Å². The molecule has 0 radical (unpaired) electrons. The smallest absolute Gasteiger partial charge is 0.225 e. The molecule has 1 saturated carbocycles. The van der Waals surface area contributed by atoms with E-state index in [4.69, 9.17) is 18.0 Å². The molecule has 4 heteroatoms. The van der Waals surface area contributed by atoms with Crippen molar-refractivity contribution >= 4 is 23.1 Å². The maximum Gasteiger partial charge on any atom is 0.225 e. The van der Waals surface area contributed by atoms with Crippen molar-refractivity contribution < 1.29 is 4.79 Å². The summed E-state index contributed by atoms with van der Waals surface area (Å²) in [4.78, 5) is 15.0. The summed E-state index contributed by atoms with van der Waals surface area (Å²) >= 11 is 4.90. The zero-order valence-electron chi connectivity index (χ0n) is 11.7. The third-order valence-corrected chi connectivity index (χ3v) is 3.91. The van der Waals surface area contributed by atoms with Gasteiger partial charge in [0.05, 0.1) is 4.99 Å². The van der Waals surface area contributed by atoms with E-state index in [9.17, 15) is 4.79 Å². The molecule has 0 aromatic heterocycles. The summed E-state index contributed by atoms with van der Waals surface area (Å²) in [7, 11) is 0. The van der Waals surface area contributed by atoms with Crippen LogP contribution in [-0.2, 0) is 4.79 Å². The van der Waals surface area contributed by atoms with E-state index in [0.29, 0.717) is 23.9 Å². The fourth-order valence-electron chi connectivity index (χ4n) is 2.61. The summed E-state index contributed by atoms with van der Waals surface area (Å²) < 4.78 is 0. The Kier molecular flexibility index (Phi) is 6.61. The minimum absolute atomic E-state index is 0.223. The van der Waals surface area contributed by atoms with Crippen molar-refractivity contribution in [1.82, 2.24) is 4.90 Å². The van der Waals surface area contributed by atoms with Gasteiger partial charge in [0.1, 0.15) is 0 Å². The fraction of sp³-hybridized carbons (Fsp3) is 0.857. The first kappa shape index (κ1) is 15.4. The van der Waals surface area contributed by atoms with Crippen LogP contribution < -0.4 is 5.73 Å². The van der Waals surface area contributed by atoms with E-state index in [-0.39, 0.29) is 12.0 Å². The van der Waals surface area contributed by atoms with Gasteiger partial charge in [-0.15, -0.1) is 0 Å². The van der Waals surface area contributed by atoms with Crippen molar-refractivity contribution in [3.8, 4) is 0 Å². The summed E-state index contributed by atoms with van der Waals surface area (Å²) in [5.74, 6) is 0.532. The molecule has 2 N–H and O–H groups in total. The molecule has 3 nitrogen and oxygen atoms in total. The Morgan fingerprint density at radius 1 is 1.28 bits per heavy atom. The number of thiocarbonyl (C=S) groups is 1. The Hall–Kier alpha value is -0.640. The monoisotopic (exact) mass is 270 g/mol. The van der Waals surface area contributed by atoms with Crippen LogP contribution in [0.25, 0.3) is 0 Å². The molecule has 0 bridgehead atoms. The van der Waals surface area contributed by atoms with Crippen molar-refractivity contribution in [3.63, 3.8) is 0 Å². The second-order valence-corrected chi connectivity index (χ2v) is 6.05. The lowest BCUT2D eigenvalue weighted by molar-refractivity contribution is -0.137. The molecule has 1 fully saturated rings. The largest absolute Gasteiger partial charge is 0.393 e. The first-order chi connectivity index (χ1) is 8.52. The summed E-state index contributed by atoms with van der Waals surface area (Å²) in [6.45, 7) is 4.80. The maximum atomic E-state index is 12.5. The van der Waals surface area contributed by atoms with Crippen LogP contribution in [0.3, 0.4) is 0 Å². The van der Waals surface area contributed by atoms with Gasteiger partial charge in [-0.3, -0.25) is 4.79 Å². The van der Waals surface area contributed by atoms with Crippen LogP contribution in [0.4, 0.5) is 0 Å². The summed E-state index contributed by atoms with van der Waals surface area (Å²) in [6, 6.07) is 0.232. The van der Waals surface area contributed by atoms with Crippen LogP contribution in [0.2, 0.25) is 0 Å². The summed E-state index contributed by atoms with van der Waals surface area (Å²) in [5.41, 5.74) is 5.54. The maximum absolute atomic E-state index is 12.5. The van der Waals surface area contributed by atoms with Crippen LogP contribution >= 0.6 is 12.2 Å². The molecule has 1 aliphatic carbocycles. The molecule has 0 aromatic rings. The quantitative estimate of drug-likeness (QED) is 0.617. The lowest BCUT2D eigenvalue weighted by Crippen LogP contribution is -2.42. The third-order valence-electron chi connectivity index (χ3n) is 3.71. The highest BCUT2D eigenvalue weighted by Crippen LogP contribution is 2.25. The Balaban J connectivity index is 2.59. The molecule has 0 heterocycles. The van der Waals surface area contributed by atoms with Gasteiger partial charge >= 0.3 is 0 Å². The molecule has 1 amide bonds. The highest BCUT2D eigenvalue weighted by molar-refractivity contribution is 7.80. The van der Waals surface area contributed by atoms with E-state index in [1.54, 1.807) is 0 Å². The van der Waals surface area contributed by atoms with Crippen LogP contribution in [0, 0.1) is 5.92 Å². The van der Waals surface area contributed by atoms with Gasteiger partial charge in [0.2, 0.25) is 5.91 Å². The summed E-state index contributed by atoms with van der Waals surface area (Å²) in [5, 5.41) is 0. The third kappa shape index (κ3) is 4.92. The van der Waals surface area contributed by atoms with E-state index < -0.39 is 0 Å². The molecule has 1 aliphatic rings. The Morgan fingerprint density at radius 2 is 1.83 bits per heavy atom. The average molecular weight is 270 g/mol. The second kappa shape index (κ2) is 7.72.